The first-order chi connectivity index (χ1) is 10.9. The molecule has 128 valence electrons. The van der Waals surface area contributed by atoms with Gasteiger partial charge in [-0.1, -0.05) is 12.1 Å². The number of aliphatic imine (C=N–C) groups is 1. The van der Waals surface area contributed by atoms with E-state index in [9.17, 15) is 18.3 Å². The van der Waals surface area contributed by atoms with E-state index >= 15 is 0 Å². The van der Waals surface area contributed by atoms with Gasteiger partial charge in [-0.05, 0) is 12.1 Å². The van der Waals surface area contributed by atoms with Gasteiger partial charge in [0.1, 0.15) is 5.75 Å². The van der Waals surface area contributed by atoms with Crippen LogP contribution in [-0.2, 0) is 0 Å². The summed E-state index contributed by atoms with van der Waals surface area (Å²) in [6.45, 7) is 2.39. The third kappa shape index (κ3) is 4.94. The van der Waals surface area contributed by atoms with Gasteiger partial charge in [0.05, 0.1) is 12.1 Å². The van der Waals surface area contributed by atoms with Crippen molar-refractivity contribution in [2.75, 3.05) is 44.7 Å². The van der Waals surface area contributed by atoms with Crippen molar-refractivity contribution in [1.29, 1.82) is 0 Å². The van der Waals surface area contributed by atoms with Gasteiger partial charge in [-0.25, -0.2) is 0 Å². The molecule has 1 aliphatic rings. The van der Waals surface area contributed by atoms with Crippen molar-refractivity contribution in [2.45, 2.75) is 12.6 Å². The highest BCUT2D eigenvalue weighted by Crippen LogP contribution is 2.27. The Morgan fingerprint density at radius 3 is 2.43 bits per heavy atom. The molecule has 1 aromatic carbocycles. The number of hydrogen-bond acceptors (Lipinski definition) is 3. The number of guanidine groups is 1. The Bertz CT molecular complexity index is 540. The maximum atomic E-state index is 12.2. The molecule has 23 heavy (non-hydrogen) atoms. The SMILES string of the molecule is CN=C(NCCC(F)(F)F)N1CCN(c2ccccc2O)CC1. The number of halogens is 3. The molecule has 0 amide bonds. The Morgan fingerprint density at radius 2 is 1.87 bits per heavy atom. The summed E-state index contributed by atoms with van der Waals surface area (Å²) in [5, 5.41) is 12.6. The second-order valence-electron chi connectivity index (χ2n) is 5.30. The van der Waals surface area contributed by atoms with Crippen LogP contribution in [0.3, 0.4) is 0 Å². The van der Waals surface area contributed by atoms with E-state index in [2.05, 4.69) is 15.2 Å². The number of anilines is 1. The van der Waals surface area contributed by atoms with Crippen LogP contribution in [0.15, 0.2) is 29.3 Å². The minimum Gasteiger partial charge on any atom is -0.506 e. The zero-order valence-corrected chi connectivity index (χ0v) is 13.0. The van der Waals surface area contributed by atoms with E-state index in [0.717, 1.165) is 5.69 Å². The molecule has 0 unspecified atom stereocenters. The molecule has 1 saturated heterocycles. The van der Waals surface area contributed by atoms with E-state index in [-0.39, 0.29) is 12.3 Å². The highest BCUT2D eigenvalue weighted by Gasteiger charge is 2.27. The molecule has 1 aliphatic heterocycles. The third-order valence-corrected chi connectivity index (χ3v) is 3.71. The average Bonchev–Trinajstić information content (AvgIpc) is 2.51. The van der Waals surface area contributed by atoms with Crippen LogP contribution in [0.1, 0.15) is 6.42 Å². The molecule has 0 spiro atoms. The van der Waals surface area contributed by atoms with Crippen LogP contribution in [0.4, 0.5) is 18.9 Å². The van der Waals surface area contributed by atoms with E-state index < -0.39 is 12.6 Å². The summed E-state index contributed by atoms with van der Waals surface area (Å²) in [4.78, 5) is 8.02. The molecular weight excluding hydrogens is 309 g/mol. The van der Waals surface area contributed by atoms with Crippen molar-refractivity contribution in [3.8, 4) is 5.75 Å². The average molecular weight is 330 g/mol. The van der Waals surface area contributed by atoms with Gasteiger partial charge in [0.25, 0.3) is 0 Å². The lowest BCUT2D eigenvalue weighted by molar-refractivity contribution is -0.132. The summed E-state index contributed by atoms with van der Waals surface area (Å²) in [7, 11) is 1.56. The van der Waals surface area contributed by atoms with E-state index in [1.54, 1.807) is 19.2 Å². The van der Waals surface area contributed by atoms with Gasteiger partial charge in [0, 0.05) is 39.8 Å². The van der Waals surface area contributed by atoms with Gasteiger partial charge >= 0.3 is 6.18 Å². The lowest BCUT2D eigenvalue weighted by Crippen LogP contribution is -2.52. The second kappa shape index (κ2) is 7.43. The number of alkyl halides is 3. The van der Waals surface area contributed by atoms with Crippen molar-refractivity contribution in [3.05, 3.63) is 24.3 Å². The minimum atomic E-state index is -4.17. The predicted octanol–water partition coefficient (Wildman–Crippen LogP) is 2.04. The zero-order chi connectivity index (χ0) is 16.9. The number of hydrogen-bond donors (Lipinski definition) is 2. The topological polar surface area (TPSA) is 51.1 Å². The predicted molar refractivity (Wildman–Crippen MR) is 83.9 cm³/mol. The Hall–Kier alpha value is -2.12. The van der Waals surface area contributed by atoms with Crippen molar-refractivity contribution in [3.63, 3.8) is 0 Å². The monoisotopic (exact) mass is 330 g/mol. The van der Waals surface area contributed by atoms with Crippen LogP contribution in [0, 0.1) is 0 Å². The highest BCUT2D eigenvalue weighted by molar-refractivity contribution is 5.80. The molecule has 0 saturated carbocycles. The summed E-state index contributed by atoms with van der Waals surface area (Å²) in [5.74, 6) is 0.708. The molecule has 5 nitrogen and oxygen atoms in total. The third-order valence-electron chi connectivity index (χ3n) is 3.71. The summed E-state index contributed by atoms with van der Waals surface area (Å²) >= 11 is 0. The second-order valence-corrected chi connectivity index (χ2v) is 5.30. The smallest absolute Gasteiger partial charge is 0.390 e. The van der Waals surface area contributed by atoms with Crippen molar-refractivity contribution >= 4 is 11.6 Å². The van der Waals surface area contributed by atoms with Crippen molar-refractivity contribution in [2.24, 2.45) is 4.99 Å². The zero-order valence-electron chi connectivity index (χ0n) is 13.0. The molecule has 0 radical (unpaired) electrons. The van der Waals surface area contributed by atoms with E-state index in [4.69, 9.17) is 0 Å². The van der Waals surface area contributed by atoms with Crippen LogP contribution >= 0.6 is 0 Å². The highest BCUT2D eigenvalue weighted by atomic mass is 19.4. The van der Waals surface area contributed by atoms with Gasteiger partial charge in [-0.15, -0.1) is 0 Å². The Kier molecular flexibility index (Phi) is 5.57. The molecule has 0 bridgehead atoms. The van der Waals surface area contributed by atoms with Crippen LogP contribution in [0.5, 0.6) is 5.75 Å². The van der Waals surface area contributed by atoms with E-state index in [1.807, 2.05) is 17.0 Å². The first-order valence-corrected chi connectivity index (χ1v) is 7.46. The molecule has 8 heteroatoms. The van der Waals surface area contributed by atoms with Gasteiger partial charge in [0.2, 0.25) is 0 Å². The molecule has 0 aromatic heterocycles. The Balaban J connectivity index is 1.86. The van der Waals surface area contributed by atoms with Gasteiger partial charge < -0.3 is 20.2 Å². The van der Waals surface area contributed by atoms with Crippen LogP contribution in [0.25, 0.3) is 0 Å². The number of rotatable bonds is 3. The largest absolute Gasteiger partial charge is 0.506 e. The number of phenols is 1. The number of benzene rings is 1. The first kappa shape index (κ1) is 17.2. The van der Waals surface area contributed by atoms with Gasteiger partial charge in [-0.3, -0.25) is 4.99 Å². The molecule has 1 aromatic rings. The summed E-state index contributed by atoms with van der Waals surface area (Å²) in [5.41, 5.74) is 0.771. The summed E-state index contributed by atoms with van der Waals surface area (Å²) in [6.07, 6.45) is -5.06. The van der Waals surface area contributed by atoms with Crippen LogP contribution < -0.4 is 10.2 Å². The van der Waals surface area contributed by atoms with Gasteiger partial charge in [-0.2, -0.15) is 13.2 Å². The lowest BCUT2D eigenvalue weighted by Gasteiger charge is -2.37. The van der Waals surface area contributed by atoms with Gasteiger partial charge in [0.15, 0.2) is 5.96 Å². The van der Waals surface area contributed by atoms with Crippen molar-refractivity contribution in [1.82, 2.24) is 10.2 Å². The minimum absolute atomic E-state index is 0.185. The number of phenolic OH excluding ortho intramolecular Hbond substituents is 1. The molecule has 1 heterocycles. The molecule has 2 rings (SSSR count). The molecule has 2 N–H and O–H groups in total. The Labute approximate surface area is 133 Å². The van der Waals surface area contributed by atoms with Crippen LogP contribution in [-0.4, -0.2) is 61.9 Å². The number of aromatic hydroxyl groups is 1. The fourth-order valence-corrected chi connectivity index (χ4v) is 2.54. The molecular formula is C15H21F3N4O. The normalized spacial score (nSPS) is 16.6. The number of nitrogens with one attached hydrogen (secondary N) is 1. The Morgan fingerprint density at radius 1 is 1.22 bits per heavy atom. The summed E-state index contributed by atoms with van der Waals surface area (Å²) in [6, 6.07) is 7.11. The number of piperazine rings is 1. The van der Waals surface area contributed by atoms with E-state index in [1.165, 1.54) is 0 Å². The quantitative estimate of drug-likeness (QED) is 0.658. The van der Waals surface area contributed by atoms with Crippen molar-refractivity contribution < 1.29 is 18.3 Å². The maximum absolute atomic E-state index is 12.2. The van der Waals surface area contributed by atoms with E-state index in [0.29, 0.717) is 32.1 Å². The number of para-hydroxylation sites is 2. The molecule has 0 atom stereocenters. The molecule has 1 fully saturated rings. The maximum Gasteiger partial charge on any atom is 0.390 e. The standard InChI is InChI=1S/C15H21F3N4O/c1-19-14(20-7-6-15(16,17)18)22-10-8-21(9-11-22)12-4-2-3-5-13(12)23/h2-5,23H,6-11H2,1H3,(H,19,20). The van der Waals surface area contributed by atoms with Crippen LogP contribution in [0.2, 0.25) is 0 Å². The fraction of sp³-hybridized carbons (Fsp3) is 0.533. The first-order valence-electron chi connectivity index (χ1n) is 7.46. The fourth-order valence-electron chi connectivity index (χ4n) is 2.54. The lowest BCUT2D eigenvalue weighted by atomic mass is 10.2. The number of nitrogens with zero attached hydrogens (tertiary/aromatic N) is 3. The summed E-state index contributed by atoms with van der Waals surface area (Å²) < 4.78 is 36.6. The molecule has 0 aliphatic carbocycles.